The minimum absolute atomic E-state index is 0.00100. The first-order chi connectivity index (χ1) is 12.8. The summed E-state index contributed by atoms with van der Waals surface area (Å²) in [7, 11) is 1.21. The lowest BCUT2D eigenvalue weighted by atomic mass is 9.74. The third kappa shape index (κ3) is 4.16. The highest BCUT2D eigenvalue weighted by molar-refractivity contribution is 6.31. The van der Waals surface area contributed by atoms with Gasteiger partial charge in [-0.2, -0.15) is 13.2 Å². The maximum absolute atomic E-state index is 13.6. The number of rotatable bonds is 4. The number of aromatic amines is 1. The van der Waals surface area contributed by atoms with Crippen LogP contribution in [0.25, 0.3) is 11.1 Å². The Balaban J connectivity index is 3.06. The number of methoxy groups -OCH3 is 1. The summed E-state index contributed by atoms with van der Waals surface area (Å²) >= 11 is 5.93. The second kappa shape index (κ2) is 7.50. The first kappa shape index (κ1) is 21.8. The summed E-state index contributed by atoms with van der Waals surface area (Å²) in [6.45, 7) is 4.74. The lowest BCUT2D eigenvalue weighted by molar-refractivity contribution is -0.141. The van der Waals surface area contributed by atoms with E-state index < -0.39 is 40.2 Å². The molecule has 0 aliphatic heterocycles. The van der Waals surface area contributed by atoms with E-state index in [0.29, 0.717) is 0 Å². The van der Waals surface area contributed by atoms with Gasteiger partial charge in [-0.3, -0.25) is 9.59 Å². The molecule has 5 nitrogen and oxygen atoms in total. The van der Waals surface area contributed by atoms with Crippen molar-refractivity contribution < 1.29 is 27.8 Å². The zero-order valence-corrected chi connectivity index (χ0v) is 16.3. The molecule has 1 unspecified atom stereocenters. The average Bonchev–Trinajstić information content (AvgIpc) is 2.53. The van der Waals surface area contributed by atoms with Crippen LogP contribution in [0.15, 0.2) is 29.2 Å². The molecule has 0 radical (unpaired) electrons. The first-order valence-corrected chi connectivity index (χ1v) is 8.56. The number of nitrogens with one attached hydrogen (secondary N) is 1. The molecule has 0 aliphatic carbocycles. The summed E-state index contributed by atoms with van der Waals surface area (Å²) in [5, 5.41) is 9.76. The summed E-state index contributed by atoms with van der Waals surface area (Å²) in [5.74, 6) is -2.85. The van der Waals surface area contributed by atoms with Crippen LogP contribution in [0, 0.1) is 5.41 Å². The molecule has 1 aromatic carbocycles. The Hall–Kier alpha value is -2.48. The van der Waals surface area contributed by atoms with Crippen LogP contribution in [0.4, 0.5) is 13.2 Å². The van der Waals surface area contributed by atoms with Crippen molar-refractivity contribution in [2.24, 2.45) is 5.41 Å². The van der Waals surface area contributed by atoms with E-state index in [1.54, 1.807) is 20.8 Å². The molecule has 0 bridgehead atoms. The van der Waals surface area contributed by atoms with Gasteiger partial charge in [0.1, 0.15) is 5.75 Å². The van der Waals surface area contributed by atoms with E-state index in [-0.39, 0.29) is 21.9 Å². The Bertz CT molecular complexity index is 961. The lowest BCUT2D eigenvalue weighted by Crippen LogP contribution is -2.32. The predicted molar refractivity (Wildman–Crippen MR) is 98.9 cm³/mol. The SMILES string of the molecule is COc1c[nH]c(=O)c(C(C(=O)O)C(C)(C)C)c1-c1cc(Cl)ccc1C(F)(F)F. The van der Waals surface area contributed by atoms with Crippen molar-refractivity contribution in [2.75, 3.05) is 7.11 Å². The van der Waals surface area contributed by atoms with Crippen LogP contribution in [0.5, 0.6) is 5.75 Å². The number of carboxylic acid groups (broad SMARTS) is 1. The van der Waals surface area contributed by atoms with Crippen molar-refractivity contribution in [1.29, 1.82) is 0 Å². The second-order valence-corrected chi connectivity index (χ2v) is 7.74. The fourth-order valence-electron chi connectivity index (χ4n) is 3.14. The van der Waals surface area contributed by atoms with Crippen LogP contribution in [-0.4, -0.2) is 23.2 Å². The fourth-order valence-corrected chi connectivity index (χ4v) is 3.31. The van der Waals surface area contributed by atoms with E-state index in [4.69, 9.17) is 16.3 Å². The summed E-state index contributed by atoms with van der Waals surface area (Å²) in [5.41, 5.74) is -3.84. The quantitative estimate of drug-likeness (QED) is 0.738. The number of benzene rings is 1. The molecule has 2 rings (SSSR count). The predicted octanol–water partition coefficient (Wildman–Crippen LogP) is 4.94. The van der Waals surface area contributed by atoms with Crippen LogP contribution in [0.1, 0.15) is 37.8 Å². The molecule has 0 fully saturated rings. The van der Waals surface area contributed by atoms with Gasteiger partial charge in [-0.1, -0.05) is 32.4 Å². The molecule has 1 heterocycles. The molecule has 152 valence electrons. The summed E-state index contributed by atoms with van der Waals surface area (Å²) in [4.78, 5) is 27.0. The van der Waals surface area contributed by atoms with Crippen molar-refractivity contribution in [3.63, 3.8) is 0 Å². The zero-order valence-electron chi connectivity index (χ0n) is 15.6. The first-order valence-electron chi connectivity index (χ1n) is 8.18. The molecule has 0 aliphatic rings. The van der Waals surface area contributed by atoms with Crippen LogP contribution in [-0.2, 0) is 11.0 Å². The maximum Gasteiger partial charge on any atom is 0.417 e. The van der Waals surface area contributed by atoms with E-state index >= 15 is 0 Å². The number of hydrogen-bond donors (Lipinski definition) is 2. The Labute approximate surface area is 164 Å². The summed E-state index contributed by atoms with van der Waals surface area (Å²) in [6, 6.07) is 2.91. The Morgan fingerprint density at radius 1 is 1.25 bits per heavy atom. The molecule has 0 saturated heterocycles. The molecule has 9 heteroatoms. The van der Waals surface area contributed by atoms with Gasteiger partial charge in [0.15, 0.2) is 0 Å². The van der Waals surface area contributed by atoms with Crippen molar-refractivity contribution in [3.8, 4) is 16.9 Å². The Kier molecular flexibility index (Phi) is 5.85. The minimum Gasteiger partial charge on any atom is -0.495 e. The van der Waals surface area contributed by atoms with Crippen LogP contribution in [0.2, 0.25) is 5.02 Å². The molecule has 0 spiro atoms. The lowest BCUT2D eigenvalue weighted by Gasteiger charge is -2.29. The summed E-state index contributed by atoms with van der Waals surface area (Å²) < 4.78 is 46.1. The number of carboxylic acids is 1. The van der Waals surface area contributed by atoms with Crippen LogP contribution < -0.4 is 10.3 Å². The van der Waals surface area contributed by atoms with Gasteiger partial charge in [0.2, 0.25) is 0 Å². The second-order valence-electron chi connectivity index (χ2n) is 7.30. The maximum atomic E-state index is 13.6. The molecule has 2 N–H and O–H groups in total. The van der Waals surface area contributed by atoms with E-state index in [9.17, 15) is 27.9 Å². The number of alkyl halides is 3. The fraction of sp³-hybridized carbons (Fsp3) is 0.368. The largest absolute Gasteiger partial charge is 0.495 e. The standard InChI is InChI=1S/C19H19ClF3NO4/c1-18(2,3)15(17(26)27)14-13(12(28-4)8-24-16(14)25)10-7-9(20)5-6-11(10)19(21,22)23/h5-8,15H,1-4H3,(H,24,25)(H,26,27). The number of aliphatic carboxylic acids is 1. The summed E-state index contributed by atoms with van der Waals surface area (Å²) in [6.07, 6.45) is -3.66. The number of hydrogen-bond acceptors (Lipinski definition) is 3. The molecule has 28 heavy (non-hydrogen) atoms. The highest BCUT2D eigenvalue weighted by Crippen LogP contribution is 2.46. The number of carbonyl (C=O) groups is 1. The van der Waals surface area contributed by atoms with E-state index in [2.05, 4.69) is 4.98 Å². The van der Waals surface area contributed by atoms with E-state index in [1.807, 2.05) is 0 Å². The third-order valence-electron chi connectivity index (χ3n) is 4.27. The Morgan fingerprint density at radius 2 is 1.86 bits per heavy atom. The van der Waals surface area contributed by atoms with Gasteiger partial charge in [-0.25, -0.2) is 0 Å². The van der Waals surface area contributed by atoms with E-state index in [0.717, 1.165) is 24.4 Å². The topological polar surface area (TPSA) is 79.4 Å². The van der Waals surface area contributed by atoms with Crippen molar-refractivity contribution in [3.05, 3.63) is 50.9 Å². The van der Waals surface area contributed by atoms with Gasteiger partial charge in [-0.15, -0.1) is 0 Å². The number of aromatic nitrogens is 1. The van der Waals surface area contributed by atoms with Gasteiger partial charge in [0, 0.05) is 22.3 Å². The van der Waals surface area contributed by atoms with Crippen LogP contribution >= 0.6 is 11.6 Å². The molecule has 2 aromatic rings. The van der Waals surface area contributed by atoms with Gasteiger partial charge in [-0.05, 0) is 29.2 Å². The van der Waals surface area contributed by atoms with Crippen molar-refractivity contribution >= 4 is 17.6 Å². The highest BCUT2D eigenvalue weighted by atomic mass is 35.5. The Morgan fingerprint density at radius 3 is 2.32 bits per heavy atom. The molecular formula is C19H19ClF3NO4. The minimum atomic E-state index is -4.76. The number of H-pyrrole nitrogens is 1. The molecule has 0 amide bonds. The molecule has 0 saturated carbocycles. The van der Waals surface area contributed by atoms with Gasteiger partial charge >= 0.3 is 12.1 Å². The van der Waals surface area contributed by atoms with Crippen LogP contribution in [0.3, 0.4) is 0 Å². The third-order valence-corrected chi connectivity index (χ3v) is 4.51. The monoisotopic (exact) mass is 417 g/mol. The average molecular weight is 418 g/mol. The number of pyridine rings is 1. The zero-order chi connectivity index (χ0) is 21.4. The smallest absolute Gasteiger partial charge is 0.417 e. The van der Waals surface area contributed by atoms with Crippen molar-refractivity contribution in [1.82, 2.24) is 4.98 Å². The number of halogens is 4. The van der Waals surface area contributed by atoms with Gasteiger partial charge in [0.05, 0.1) is 18.6 Å². The normalized spacial score (nSPS) is 13.3. The number of ether oxygens (including phenoxy) is 1. The molecule has 1 aromatic heterocycles. The van der Waals surface area contributed by atoms with Crippen molar-refractivity contribution in [2.45, 2.75) is 32.9 Å². The highest BCUT2D eigenvalue weighted by Gasteiger charge is 2.40. The van der Waals surface area contributed by atoms with Gasteiger partial charge in [0.25, 0.3) is 5.56 Å². The van der Waals surface area contributed by atoms with E-state index in [1.165, 1.54) is 7.11 Å². The van der Waals surface area contributed by atoms with Gasteiger partial charge < -0.3 is 14.8 Å². The molecular weight excluding hydrogens is 399 g/mol. The molecule has 1 atom stereocenters.